The highest BCUT2D eigenvalue weighted by atomic mass is 16.5. The van der Waals surface area contributed by atoms with Crippen molar-refractivity contribution < 1.29 is 19.1 Å². The van der Waals surface area contributed by atoms with Gasteiger partial charge in [-0.2, -0.15) is 0 Å². The SMILES string of the molecule is CC1(C)OCCn2c1nc(C(=O)NCc1ccccc1N1CCC1=O)c(OCc1ccccc1)c2=O. The maximum Gasteiger partial charge on any atom is 0.296 e. The molecule has 36 heavy (non-hydrogen) atoms. The molecule has 0 aliphatic carbocycles. The molecule has 2 amide bonds. The maximum atomic E-state index is 13.5. The van der Waals surface area contributed by atoms with Gasteiger partial charge >= 0.3 is 0 Å². The quantitative estimate of drug-likeness (QED) is 0.513. The predicted molar refractivity (Wildman–Crippen MR) is 133 cm³/mol. The number of β-lactam (4-membered cyclic amide) rings is 1. The van der Waals surface area contributed by atoms with Crippen LogP contribution in [0.25, 0.3) is 0 Å². The van der Waals surface area contributed by atoms with E-state index in [1.807, 2.05) is 68.4 Å². The first kappa shape index (κ1) is 23.7. The lowest BCUT2D eigenvalue weighted by Gasteiger charge is -2.33. The molecule has 9 nitrogen and oxygen atoms in total. The third-order valence-electron chi connectivity index (χ3n) is 6.46. The Balaban J connectivity index is 1.46. The van der Waals surface area contributed by atoms with Crippen molar-refractivity contribution in [2.45, 2.75) is 45.6 Å². The highest BCUT2D eigenvalue weighted by Crippen LogP contribution is 2.29. The summed E-state index contributed by atoms with van der Waals surface area (Å²) in [6.07, 6.45) is 0.518. The van der Waals surface area contributed by atoms with Crippen LogP contribution >= 0.6 is 0 Å². The predicted octanol–water partition coefficient (Wildman–Crippen LogP) is 2.75. The Morgan fingerprint density at radius 2 is 1.83 bits per heavy atom. The van der Waals surface area contributed by atoms with E-state index in [1.165, 1.54) is 4.57 Å². The Bertz CT molecular complexity index is 1370. The molecule has 1 fully saturated rings. The number of benzene rings is 2. The van der Waals surface area contributed by atoms with Gasteiger partial charge in [-0.25, -0.2) is 4.98 Å². The Morgan fingerprint density at radius 3 is 2.56 bits per heavy atom. The molecular weight excluding hydrogens is 460 g/mol. The largest absolute Gasteiger partial charge is 0.481 e. The van der Waals surface area contributed by atoms with Crippen molar-refractivity contribution in [1.82, 2.24) is 14.9 Å². The van der Waals surface area contributed by atoms with Crippen molar-refractivity contribution in [2.75, 3.05) is 18.1 Å². The van der Waals surface area contributed by atoms with Crippen molar-refractivity contribution in [1.29, 1.82) is 0 Å². The molecular formula is C27H28N4O5. The highest BCUT2D eigenvalue weighted by Gasteiger charge is 2.35. The van der Waals surface area contributed by atoms with E-state index in [1.54, 1.807) is 4.90 Å². The van der Waals surface area contributed by atoms with Crippen LogP contribution in [0.15, 0.2) is 59.4 Å². The third-order valence-corrected chi connectivity index (χ3v) is 6.46. The molecule has 2 aliphatic heterocycles. The molecule has 0 saturated carbocycles. The van der Waals surface area contributed by atoms with Gasteiger partial charge in [-0.05, 0) is 31.0 Å². The van der Waals surface area contributed by atoms with Gasteiger partial charge in [0.05, 0.1) is 13.2 Å². The van der Waals surface area contributed by atoms with Crippen LogP contribution in [0.1, 0.15) is 47.7 Å². The number of hydrogen-bond acceptors (Lipinski definition) is 6. The average molecular weight is 489 g/mol. The Hall–Kier alpha value is -3.98. The summed E-state index contributed by atoms with van der Waals surface area (Å²) in [6.45, 7) is 5.25. The molecule has 0 atom stereocenters. The van der Waals surface area contributed by atoms with Gasteiger partial charge in [-0.15, -0.1) is 0 Å². The summed E-state index contributed by atoms with van der Waals surface area (Å²) in [5, 5.41) is 2.87. The van der Waals surface area contributed by atoms with Gasteiger partial charge in [-0.3, -0.25) is 19.0 Å². The fourth-order valence-corrected chi connectivity index (χ4v) is 4.43. The lowest BCUT2D eigenvalue weighted by atomic mass is 10.1. The first-order valence-corrected chi connectivity index (χ1v) is 12.0. The molecule has 5 rings (SSSR count). The minimum atomic E-state index is -0.838. The number of fused-ring (bicyclic) bond motifs is 1. The van der Waals surface area contributed by atoms with Crippen LogP contribution in [0.4, 0.5) is 5.69 Å². The molecule has 0 bridgehead atoms. The second-order valence-electron chi connectivity index (χ2n) is 9.31. The number of hydrogen-bond donors (Lipinski definition) is 1. The summed E-state index contributed by atoms with van der Waals surface area (Å²) in [6, 6.07) is 16.8. The standard InChI is InChI=1S/C27H28N4O5/c1-27(2)26-29-22(24(33)28-16-19-10-6-7-11-20(19)30-13-12-21(30)32)23(25(34)31(26)14-15-36-27)35-17-18-8-4-3-5-9-18/h3-11H,12-17H2,1-2H3,(H,28,33). The van der Waals surface area contributed by atoms with Crippen LogP contribution < -0.4 is 20.5 Å². The van der Waals surface area contributed by atoms with Crippen molar-refractivity contribution in [3.8, 4) is 5.75 Å². The molecule has 1 saturated heterocycles. The normalized spacial score (nSPS) is 16.2. The Kier molecular flexibility index (Phi) is 6.32. The zero-order valence-electron chi connectivity index (χ0n) is 20.3. The van der Waals surface area contributed by atoms with E-state index in [9.17, 15) is 14.4 Å². The fourth-order valence-electron chi connectivity index (χ4n) is 4.43. The van der Waals surface area contributed by atoms with Crippen LogP contribution in [0.3, 0.4) is 0 Å². The summed E-state index contributed by atoms with van der Waals surface area (Å²) in [5.74, 6) is -0.201. The first-order valence-electron chi connectivity index (χ1n) is 12.0. The summed E-state index contributed by atoms with van der Waals surface area (Å²) < 4.78 is 13.3. The number of para-hydroxylation sites is 1. The van der Waals surface area contributed by atoms with Crippen molar-refractivity contribution >= 4 is 17.5 Å². The van der Waals surface area contributed by atoms with Crippen LogP contribution in [-0.2, 0) is 34.8 Å². The molecule has 0 spiro atoms. The number of carbonyl (C=O) groups is 2. The number of rotatable bonds is 7. The number of amides is 2. The summed E-state index contributed by atoms with van der Waals surface area (Å²) in [4.78, 5) is 45.1. The topological polar surface area (TPSA) is 103 Å². The lowest BCUT2D eigenvalue weighted by Crippen LogP contribution is -2.44. The minimum Gasteiger partial charge on any atom is -0.481 e. The van der Waals surface area contributed by atoms with Gasteiger partial charge in [0.15, 0.2) is 5.69 Å². The molecule has 3 heterocycles. The Labute approximate surface area is 208 Å². The molecule has 1 N–H and O–H groups in total. The number of nitrogens with zero attached hydrogens (tertiary/aromatic N) is 3. The van der Waals surface area contributed by atoms with Crippen molar-refractivity contribution in [3.63, 3.8) is 0 Å². The zero-order valence-corrected chi connectivity index (χ0v) is 20.3. The minimum absolute atomic E-state index is 0.0528. The summed E-state index contributed by atoms with van der Waals surface area (Å²) >= 11 is 0. The molecule has 2 aliphatic rings. The summed E-state index contributed by atoms with van der Waals surface area (Å²) in [5.41, 5.74) is 1.09. The number of carbonyl (C=O) groups excluding carboxylic acids is 2. The Morgan fingerprint density at radius 1 is 1.08 bits per heavy atom. The van der Waals surface area contributed by atoms with Gasteiger partial charge in [-0.1, -0.05) is 48.5 Å². The van der Waals surface area contributed by atoms with E-state index in [-0.39, 0.29) is 30.5 Å². The number of anilines is 1. The molecule has 1 aromatic heterocycles. The average Bonchev–Trinajstić information content (AvgIpc) is 2.87. The maximum absolute atomic E-state index is 13.5. The van der Waals surface area contributed by atoms with Gasteiger partial charge in [0.25, 0.3) is 11.5 Å². The van der Waals surface area contributed by atoms with Gasteiger partial charge < -0.3 is 19.7 Å². The number of aromatic nitrogens is 2. The second kappa shape index (κ2) is 9.58. The van der Waals surface area contributed by atoms with Crippen LogP contribution in [0, 0.1) is 0 Å². The number of ether oxygens (including phenoxy) is 2. The molecule has 3 aromatic rings. The van der Waals surface area contributed by atoms with E-state index in [0.717, 1.165) is 16.8 Å². The first-order chi connectivity index (χ1) is 17.3. The second-order valence-corrected chi connectivity index (χ2v) is 9.31. The molecule has 2 aromatic carbocycles. The fraction of sp³-hybridized carbons (Fsp3) is 0.333. The smallest absolute Gasteiger partial charge is 0.296 e. The van der Waals surface area contributed by atoms with E-state index in [2.05, 4.69) is 10.3 Å². The monoisotopic (exact) mass is 488 g/mol. The van der Waals surface area contributed by atoms with E-state index in [4.69, 9.17) is 9.47 Å². The van der Waals surface area contributed by atoms with Gasteiger partial charge in [0.2, 0.25) is 11.7 Å². The van der Waals surface area contributed by atoms with Crippen LogP contribution in [0.5, 0.6) is 5.75 Å². The van der Waals surface area contributed by atoms with Gasteiger partial charge in [0, 0.05) is 25.2 Å². The summed E-state index contributed by atoms with van der Waals surface area (Å²) in [7, 11) is 0. The van der Waals surface area contributed by atoms with Crippen molar-refractivity contribution in [3.05, 3.63) is 87.6 Å². The van der Waals surface area contributed by atoms with Crippen molar-refractivity contribution in [2.24, 2.45) is 0 Å². The van der Waals surface area contributed by atoms with Crippen LogP contribution in [0.2, 0.25) is 0 Å². The van der Waals surface area contributed by atoms with E-state index < -0.39 is 17.1 Å². The molecule has 186 valence electrons. The highest BCUT2D eigenvalue weighted by molar-refractivity contribution is 6.00. The zero-order chi connectivity index (χ0) is 25.3. The van der Waals surface area contributed by atoms with Gasteiger partial charge in [0.1, 0.15) is 18.0 Å². The van der Waals surface area contributed by atoms with E-state index in [0.29, 0.717) is 31.9 Å². The third kappa shape index (κ3) is 4.49. The van der Waals surface area contributed by atoms with Crippen LogP contribution in [-0.4, -0.2) is 34.5 Å². The van der Waals surface area contributed by atoms with E-state index >= 15 is 0 Å². The number of nitrogens with one attached hydrogen (secondary N) is 1. The molecule has 0 unspecified atom stereocenters. The molecule has 9 heteroatoms. The molecule has 0 radical (unpaired) electrons. The lowest BCUT2D eigenvalue weighted by molar-refractivity contribution is -0.122.